The van der Waals surface area contributed by atoms with E-state index in [4.69, 9.17) is 4.74 Å². The number of hydrogen-bond donors (Lipinski definition) is 1. The number of benzene rings is 1. The van der Waals surface area contributed by atoms with Gasteiger partial charge in [0.05, 0.1) is 6.21 Å². The molecule has 2 heterocycles. The maximum absolute atomic E-state index is 5.64. The van der Waals surface area contributed by atoms with Crippen molar-refractivity contribution in [2.24, 2.45) is 5.10 Å². The zero-order chi connectivity index (χ0) is 17.6. The van der Waals surface area contributed by atoms with Gasteiger partial charge < -0.3 is 4.74 Å². The normalized spacial score (nSPS) is 11.0. The lowest BCUT2D eigenvalue weighted by molar-refractivity contribution is 0.270. The lowest BCUT2D eigenvalue weighted by atomic mass is 10.2. The van der Waals surface area contributed by atoms with E-state index in [9.17, 15) is 0 Å². The average Bonchev–Trinajstić information content (AvgIpc) is 2.98. The second-order valence-corrected chi connectivity index (χ2v) is 5.50. The van der Waals surface area contributed by atoms with E-state index in [0.29, 0.717) is 18.2 Å². The molecule has 0 amide bonds. The predicted molar refractivity (Wildman–Crippen MR) is 92.5 cm³/mol. The number of anilines is 1. The van der Waals surface area contributed by atoms with Crippen LogP contribution >= 0.6 is 0 Å². The average molecular weight is 338 g/mol. The van der Waals surface area contributed by atoms with Crippen molar-refractivity contribution in [3.8, 4) is 5.75 Å². The highest BCUT2D eigenvalue weighted by Crippen LogP contribution is 2.14. The Morgan fingerprint density at radius 3 is 2.44 bits per heavy atom. The van der Waals surface area contributed by atoms with E-state index in [1.165, 1.54) is 0 Å². The summed E-state index contributed by atoms with van der Waals surface area (Å²) in [6, 6.07) is 9.42. The quantitative estimate of drug-likeness (QED) is 0.545. The van der Waals surface area contributed by atoms with E-state index >= 15 is 0 Å². The van der Waals surface area contributed by atoms with Crippen LogP contribution in [0.25, 0.3) is 0 Å². The molecule has 3 rings (SSSR count). The molecule has 1 N–H and O–H groups in total. The van der Waals surface area contributed by atoms with Crippen LogP contribution < -0.4 is 10.2 Å². The number of nitrogens with one attached hydrogen (secondary N) is 1. The lowest BCUT2D eigenvalue weighted by Crippen LogP contribution is -2.00. The SMILES string of the molecule is Cc1cc(C)nc(N/N=C/c2ccc(OCc3nonc3C)cc2)n1. The standard InChI is InChI=1S/C17H18N6O2/c1-11-8-12(2)20-17(19-11)21-18-9-14-4-6-15(7-5-14)24-10-16-13(3)22-25-23-16/h4-9H,10H2,1-3H3,(H,19,20,21)/b18-9+. The Kier molecular flexibility index (Phi) is 4.98. The monoisotopic (exact) mass is 338 g/mol. The van der Waals surface area contributed by atoms with Gasteiger partial charge in [0.2, 0.25) is 5.95 Å². The van der Waals surface area contributed by atoms with E-state index in [1.54, 1.807) is 6.21 Å². The van der Waals surface area contributed by atoms with Crippen molar-refractivity contribution in [1.82, 2.24) is 20.3 Å². The third-order valence-electron chi connectivity index (χ3n) is 3.36. The summed E-state index contributed by atoms with van der Waals surface area (Å²) in [7, 11) is 0. The Bertz CT molecular complexity index is 853. The zero-order valence-electron chi connectivity index (χ0n) is 14.2. The molecule has 0 atom stereocenters. The van der Waals surface area contributed by atoms with Gasteiger partial charge in [-0.3, -0.25) is 0 Å². The summed E-state index contributed by atoms with van der Waals surface area (Å²) >= 11 is 0. The molecule has 0 unspecified atom stereocenters. The first-order valence-corrected chi connectivity index (χ1v) is 7.72. The molecule has 0 aliphatic heterocycles. The minimum absolute atomic E-state index is 0.314. The fourth-order valence-electron chi connectivity index (χ4n) is 2.12. The van der Waals surface area contributed by atoms with Crippen LogP contribution in [0.3, 0.4) is 0 Å². The van der Waals surface area contributed by atoms with Crippen LogP contribution in [-0.4, -0.2) is 26.5 Å². The zero-order valence-corrected chi connectivity index (χ0v) is 14.2. The smallest absolute Gasteiger partial charge is 0.243 e. The van der Waals surface area contributed by atoms with Crippen molar-refractivity contribution >= 4 is 12.2 Å². The first-order chi connectivity index (χ1) is 12.1. The van der Waals surface area contributed by atoms with Crippen molar-refractivity contribution in [2.45, 2.75) is 27.4 Å². The maximum atomic E-state index is 5.64. The van der Waals surface area contributed by atoms with E-state index < -0.39 is 0 Å². The van der Waals surface area contributed by atoms with Crippen LogP contribution in [0.5, 0.6) is 5.75 Å². The highest BCUT2D eigenvalue weighted by atomic mass is 16.6. The summed E-state index contributed by atoms with van der Waals surface area (Å²) in [6.07, 6.45) is 1.69. The molecular formula is C17H18N6O2. The summed E-state index contributed by atoms with van der Waals surface area (Å²) < 4.78 is 10.3. The van der Waals surface area contributed by atoms with Gasteiger partial charge in [0.1, 0.15) is 23.7 Å². The summed E-state index contributed by atoms with van der Waals surface area (Å²) in [4.78, 5) is 8.52. The number of hydrazone groups is 1. The van der Waals surface area contributed by atoms with Gasteiger partial charge in [-0.15, -0.1) is 0 Å². The van der Waals surface area contributed by atoms with E-state index in [-0.39, 0.29) is 0 Å². The number of rotatable bonds is 6. The lowest BCUT2D eigenvalue weighted by Gasteiger charge is -2.04. The van der Waals surface area contributed by atoms with Gasteiger partial charge in [0.25, 0.3) is 0 Å². The molecule has 3 aromatic rings. The van der Waals surface area contributed by atoms with Gasteiger partial charge >= 0.3 is 0 Å². The number of aryl methyl sites for hydroxylation is 3. The molecule has 0 saturated heterocycles. The van der Waals surface area contributed by atoms with Crippen LogP contribution in [0.1, 0.15) is 28.3 Å². The summed E-state index contributed by atoms with van der Waals surface area (Å²) in [5.74, 6) is 1.20. The number of ether oxygens (including phenoxy) is 1. The molecule has 128 valence electrons. The van der Waals surface area contributed by atoms with Crippen LogP contribution in [0, 0.1) is 20.8 Å². The minimum atomic E-state index is 0.314. The topological polar surface area (TPSA) is 98.3 Å². The van der Waals surface area contributed by atoms with Gasteiger partial charge in [-0.2, -0.15) is 5.10 Å². The highest BCUT2D eigenvalue weighted by Gasteiger charge is 2.05. The third-order valence-corrected chi connectivity index (χ3v) is 3.36. The Morgan fingerprint density at radius 1 is 1.08 bits per heavy atom. The molecule has 0 fully saturated rings. The highest BCUT2D eigenvalue weighted by molar-refractivity contribution is 5.80. The van der Waals surface area contributed by atoms with E-state index in [1.807, 2.05) is 51.1 Å². The van der Waals surface area contributed by atoms with Gasteiger partial charge in [-0.05, 0) is 56.7 Å². The molecule has 0 saturated carbocycles. The van der Waals surface area contributed by atoms with Crippen molar-refractivity contribution in [3.63, 3.8) is 0 Å². The molecule has 8 nitrogen and oxygen atoms in total. The number of hydrogen-bond acceptors (Lipinski definition) is 8. The molecule has 0 radical (unpaired) electrons. The largest absolute Gasteiger partial charge is 0.487 e. The summed E-state index contributed by atoms with van der Waals surface area (Å²) in [5, 5.41) is 11.6. The molecule has 8 heteroatoms. The van der Waals surface area contributed by atoms with Crippen LogP contribution in [-0.2, 0) is 6.61 Å². The second kappa shape index (κ2) is 7.52. The molecular weight excluding hydrogens is 320 g/mol. The van der Waals surface area contributed by atoms with Gasteiger partial charge in [-0.25, -0.2) is 20.0 Å². The first-order valence-electron chi connectivity index (χ1n) is 7.72. The molecule has 0 aliphatic rings. The predicted octanol–water partition coefficient (Wildman–Crippen LogP) is 2.81. The van der Waals surface area contributed by atoms with Crippen molar-refractivity contribution in [2.75, 3.05) is 5.43 Å². The van der Waals surface area contributed by atoms with Crippen LogP contribution in [0.2, 0.25) is 0 Å². The number of aromatic nitrogens is 4. The maximum Gasteiger partial charge on any atom is 0.243 e. The fraction of sp³-hybridized carbons (Fsp3) is 0.235. The van der Waals surface area contributed by atoms with Crippen LogP contribution in [0.15, 0.2) is 40.1 Å². The van der Waals surface area contributed by atoms with Gasteiger partial charge in [0, 0.05) is 11.4 Å². The molecule has 0 aliphatic carbocycles. The minimum Gasteiger partial charge on any atom is -0.487 e. The fourth-order valence-corrected chi connectivity index (χ4v) is 2.12. The first kappa shape index (κ1) is 16.6. The number of nitrogens with zero attached hydrogens (tertiary/aromatic N) is 5. The Hall–Kier alpha value is -3.29. The van der Waals surface area contributed by atoms with Crippen molar-refractivity contribution in [1.29, 1.82) is 0 Å². The molecule has 0 spiro atoms. The molecule has 25 heavy (non-hydrogen) atoms. The van der Waals surface area contributed by atoms with E-state index in [2.05, 4.69) is 35.4 Å². The molecule has 0 bridgehead atoms. The van der Waals surface area contributed by atoms with Crippen LogP contribution in [0.4, 0.5) is 5.95 Å². The van der Waals surface area contributed by atoms with Crippen molar-refractivity contribution < 1.29 is 9.37 Å². The second-order valence-electron chi connectivity index (χ2n) is 5.50. The van der Waals surface area contributed by atoms with Gasteiger partial charge in [0.15, 0.2) is 0 Å². The molecule has 2 aromatic heterocycles. The Morgan fingerprint density at radius 2 is 1.80 bits per heavy atom. The third kappa shape index (κ3) is 4.60. The Balaban J connectivity index is 1.55. The summed E-state index contributed by atoms with van der Waals surface area (Å²) in [6.45, 7) is 5.97. The molecule has 1 aromatic carbocycles. The van der Waals surface area contributed by atoms with Crippen molar-refractivity contribution in [3.05, 3.63) is 58.7 Å². The van der Waals surface area contributed by atoms with E-state index in [0.717, 1.165) is 28.4 Å². The Labute approximate surface area is 144 Å². The van der Waals surface area contributed by atoms with Gasteiger partial charge in [-0.1, -0.05) is 10.3 Å². The summed E-state index contributed by atoms with van der Waals surface area (Å²) in [5.41, 5.74) is 6.94.